The number of ether oxygens (including phenoxy) is 1. The lowest BCUT2D eigenvalue weighted by Crippen LogP contribution is -2.20. The number of benzene rings is 4. The van der Waals surface area contributed by atoms with Gasteiger partial charge in [-0.1, -0.05) is 116 Å². The maximum absolute atomic E-state index is 11.7. The summed E-state index contributed by atoms with van der Waals surface area (Å²) in [5, 5.41) is 20.5. The lowest BCUT2D eigenvalue weighted by atomic mass is 9.89. The minimum absolute atomic E-state index is 0.255. The number of rotatable bonds is 7. The Morgan fingerprint density at radius 2 is 0.971 bits per heavy atom. The van der Waals surface area contributed by atoms with Gasteiger partial charge in [-0.25, -0.2) is 4.79 Å². The van der Waals surface area contributed by atoms with Crippen molar-refractivity contribution < 1.29 is 24.5 Å². The molecule has 178 valence electrons. The Kier molecular flexibility index (Phi) is 9.49. The lowest BCUT2D eigenvalue weighted by Gasteiger charge is -2.24. The van der Waals surface area contributed by atoms with Crippen molar-refractivity contribution >= 4 is 11.8 Å². The standard InChI is InChI=1S/C16H18O2.C14H10O3/c1-12(15(17)13-8-4-2-5-9-13)16(18)14-10-6-3-7-11-14;15-13(11-7-3-1-4-8-11)14(16)17-12-9-5-2-6-10-12/h2-12,15-18H,1H3;1-10H. The van der Waals surface area contributed by atoms with Crippen molar-refractivity contribution in [3.8, 4) is 5.75 Å². The van der Waals surface area contributed by atoms with Crippen molar-refractivity contribution in [2.45, 2.75) is 19.1 Å². The maximum Gasteiger partial charge on any atom is 0.385 e. The maximum atomic E-state index is 11.7. The zero-order chi connectivity index (χ0) is 25.0. The Labute approximate surface area is 205 Å². The van der Waals surface area contributed by atoms with Gasteiger partial charge in [-0.05, 0) is 23.3 Å². The number of carbonyl (C=O) groups is 2. The minimum atomic E-state index is -0.873. The van der Waals surface area contributed by atoms with E-state index in [0.29, 0.717) is 11.3 Å². The molecule has 0 spiro atoms. The second-order valence-electron chi connectivity index (χ2n) is 7.97. The highest BCUT2D eigenvalue weighted by Gasteiger charge is 2.24. The van der Waals surface area contributed by atoms with Gasteiger partial charge < -0.3 is 14.9 Å². The number of aliphatic hydroxyl groups is 2. The average Bonchev–Trinajstić information content (AvgIpc) is 2.93. The molecular weight excluding hydrogens is 440 g/mol. The molecule has 0 saturated heterocycles. The fourth-order valence-corrected chi connectivity index (χ4v) is 3.43. The number of esters is 1. The molecule has 4 aromatic carbocycles. The van der Waals surface area contributed by atoms with Crippen LogP contribution in [-0.2, 0) is 4.79 Å². The van der Waals surface area contributed by atoms with Gasteiger partial charge in [0.05, 0.1) is 12.2 Å². The topological polar surface area (TPSA) is 83.8 Å². The summed E-state index contributed by atoms with van der Waals surface area (Å²) in [5.74, 6) is -1.41. The Morgan fingerprint density at radius 3 is 1.40 bits per heavy atom. The van der Waals surface area contributed by atoms with Crippen LogP contribution in [0.1, 0.15) is 40.6 Å². The summed E-state index contributed by atoms with van der Waals surface area (Å²) >= 11 is 0. The van der Waals surface area contributed by atoms with E-state index in [1.807, 2.05) is 67.6 Å². The van der Waals surface area contributed by atoms with Gasteiger partial charge in [0, 0.05) is 11.5 Å². The molecule has 0 fully saturated rings. The fourth-order valence-electron chi connectivity index (χ4n) is 3.43. The summed E-state index contributed by atoms with van der Waals surface area (Å²) < 4.78 is 4.94. The first-order valence-corrected chi connectivity index (χ1v) is 11.3. The Bertz CT molecular complexity index is 1130. The summed E-state index contributed by atoms with van der Waals surface area (Å²) in [5.41, 5.74) is 1.99. The highest BCUT2D eigenvalue weighted by molar-refractivity contribution is 6.41. The van der Waals surface area contributed by atoms with E-state index in [4.69, 9.17) is 4.74 Å². The molecule has 2 atom stereocenters. The third-order valence-corrected chi connectivity index (χ3v) is 5.45. The zero-order valence-electron chi connectivity index (χ0n) is 19.4. The smallest absolute Gasteiger partial charge is 0.385 e. The molecule has 5 heteroatoms. The van der Waals surface area contributed by atoms with Gasteiger partial charge >= 0.3 is 5.97 Å². The fraction of sp³-hybridized carbons (Fsp3) is 0.133. The van der Waals surface area contributed by atoms with Crippen molar-refractivity contribution in [1.82, 2.24) is 0 Å². The number of aliphatic hydroxyl groups excluding tert-OH is 2. The molecule has 0 aliphatic carbocycles. The predicted molar refractivity (Wildman–Crippen MR) is 135 cm³/mol. The molecular formula is C30H28O5. The first kappa shape index (κ1) is 25.6. The van der Waals surface area contributed by atoms with Gasteiger partial charge in [-0.15, -0.1) is 0 Å². The molecule has 2 unspecified atom stereocenters. The SMILES string of the molecule is CC(C(O)c1ccccc1)C(O)c1ccccc1.O=C(Oc1ccccc1)C(=O)c1ccccc1. The third kappa shape index (κ3) is 7.47. The molecule has 0 radical (unpaired) electrons. The van der Waals surface area contributed by atoms with Crippen molar-refractivity contribution in [2.75, 3.05) is 0 Å². The van der Waals surface area contributed by atoms with Gasteiger partial charge in [-0.2, -0.15) is 0 Å². The summed E-state index contributed by atoms with van der Waals surface area (Å²) in [6.07, 6.45) is -1.33. The molecule has 0 saturated carbocycles. The van der Waals surface area contributed by atoms with Crippen LogP contribution in [0.2, 0.25) is 0 Å². The van der Waals surface area contributed by atoms with Crippen LogP contribution in [0.5, 0.6) is 5.75 Å². The normalized spacial score (nSPS) is 12.9. The van der Waals surface area contributed by atoms with Gasteiger partial charge in [0.1, 0.15) is 5.75 Å². The number of hydrogen-bond acceptors (Lipinski definition) is 5. The van der Waals surface area contributed by atoms with Crippen molar-refractivity contribution in [1.29, 1.82) is 0 Å². The highest BCUT2D eigenvalue weighted by atomic mass is 16.5. The monoisotopic (exact) mass is 468 g/mol. The number of ketones is 1. The van der Waals surface area contributed by atoms with Crippen LogP contribution < -0.4 is 4.74 Å². The van der Waals surface area contributed by atoms with Gasteiger partial charge in [0.25, 0.3) is 5.78 Å². The molecule has 0 aromatic heterocycles. The van der Waals surface area contributed by atoms with Crippen molar-refractivity contribution in [2.24, 2.45) is 5.92 Å². The predicted octanol–water partition coefficient (Wildman–Crippen LogP) is 5.56. The van der Waals surface area contributed by atoms with Crippen LogP contribution in [-0.4, -0.2) is 22.0 Å². The van der Waals surface area contributed by atoms with E-state index in [-0.39, 0.29) is 5.92 Å². The Balaban J connectivity index is 0.000000196. The summed E-state index contributed by atoms with van der Waals surface area (Å²) in [4.78, 5) is 23.2. The molecule has 0 aliphatic heterocycles. The molecule has 0 bridgehead atoms. The molecule has 0 aliphatic rings. The van der Waals surface area contributed by atoms with Crippen LogP contribution in [0.15, 0.2) is 121 Å². The summed E-state index contributed by atoms with van der Waals surface area (Å²) in [6, 6.07) is 35.7. The first-order valence-electron chi connectivity index (χ1n) is 11.3. The van der Waals surface area contributed by atoms with E-state index >= 15 is 0 Å². The van der Waals surface area contributed by atoms with Crippen molar-refractivity contribution in [3.05, 3.63) is 138 Å². The molecule has 4 aromatic rings. The van der Waals surface area contributed by atoms with Crippen LogP contribution in [0.25, 0.3) is 0 Å². The highest BCUT2D eigenvalue weighted by Crippen LogP contribution is 2.32. The molecule has 2 N–H and O–H groups in total. The molecule has 4 rings (SSSR count). The molecule has 0 amide bonds. The zero-order valence-corrected chi connectivity index (χ0v) is 19.4. The molecule has 0 heterocycles. The minimum Gasteiger partial charge on any atom is -0.421 e. The van der Waals surface area contributed by atoms with Gasteiger partial charge in [0.2, 0.25) is 0 Å². The van der Waals surface area contributed by atoms with E-state index in [1.165, 1.54) is 0 Å². The van der Waals surface area contributed by atoms with Crippen LogP contribution in [0.3, 0.4) is 0 Å². The third-order valence-electron chi connectivity index (χ3n) is 5.45. The van der Waals surface area contributed by atoms with E-state index in [9.17, 15) is 19.8 Å². The van der Waals surface area contributed by atoms with Gasteiger partial charge in [-0.3, -0.25) is 4.79 Å². The van der Waals surface area contributed by atoms with Crippen LogP contribution in [0, 0.1) is 5.92 Å². The Hall–Kier alpha value is -4.06. The van der Waals surface area contributed by atoms with E-state index in [2.05, 4.69) is 0 Å². The average molecular weight is 469 g/mol. The van der Waals surface area contributed by atoms with Gasteiger partial charge in [0.15, 0.2) is 0 Å². The van der Waals surface area contributed by atoms with E-state index < -0.39 is 24.0 Å². The number of para-hydroxylation sites is 1. The first-order chi connectivity index (χ1) is 17.0. The number of hydrogen-bond donors (Lipinski definition) is 2. The Morgan fingerprint density at radius 1 is 0.600 bits per heavy atom. The molecule has 35 heavy (non-hydrogen) atoms. The van der Waals surface area contributed by atoms with Crippen LogP contribution >= 0.6 is 0 Å². The quantitative estimate of drug-likeness (QED) is 0.160. The second-order valence-corrected chi connectivity index (χ2v) is 7.97. The van der Waals surface area contributed by atoms with E-state index in [0.717, 1.165) is 11.1 Å². The van der Waals surface area contributed by atoms with E-state index in [1.54, 1.807) is 60.7 Å². The summed E-state index contributed by atoms with van der Waals surface area (Å²) in [6.45, 7) is 1.86. The molecule has 5 nitrogen and oxygen atoms in total. The van der Waals surface area contributed by atoms with Crippen LogP contribution in [0.4, 0.5) is 0 Å². The second kappa shape index (κ2) is 13.0. The lowest BCUT2D eigenvalue weighted by molar-refractivity contribution is -0.129. The summed E-state index contributed by atoms with van der Waals surface area (Å²) in [7, 11) is 0. The number of Topliss-reactive ketones (excluding diaryl/α,β-unsaturated/α-hetero) is 1. The largest absolute Gasteiger partial charge is 0.421 e. The van der Waals surface area contributed by atoms with Crippen molar-refractivity contribution in [3.63, 3.8) is 0 Å². The number of carbonyl (C=O) groups excluding carboxylic acids is 2.